The van der Waals surface area contributed by atoms with Gasteiger partial charge < -0.3 is 4.57 Å². The number of nitrogens with zero attached hydrogens (tertiary/aromatic N) is 2. The maximum absolute atomic E-state index is 11.2. The fraction of sp³-hybridized carbons (Fsp3) is 0.200. The average Bonchev–Trinajstić information content (AvgIpc) is 2.75. The van der Waals surface area contributed by atoms with Crippen molar-refractivity contribution in [1.29, 1.82) is 0 Å². The van der Waals surface area contributed by atoms with E-state index in [1.54, 1.807) is 19.4 Å². The minimum atomic E-state index is 0.134. The largest absolute Gasteiger partial charge is 0.333 e. The van der Waals surface area contributed by atoms with Crippen molar-refractivity contribution in [1.82, 2.24) is 9.55 Å². The summed E-state index contributed by atoms with van der Waals surface area (Å²) < 4.78 is 1.95. The van der Waals surface area contributed by atoms with Crippen LogP contribution in [0.5, 0.6) is 0 Å². The van der Waals surface area contributed by atoms with Gasteiger partial charge in [0.1, 0.15) is 0 Å². The summed E-state index contributed by atoms with van der Waals surface area (Å²) in [6, 6.07) is 1.99. The number of Topliss-reactive ketones (excluding diaryl/α,β-unsaturated/α-hetero) is 1. The van der Waals surface area contributed by atoms with E-state index in [0.29, 0.717) is 0 Å². The maximum atomic E-state index is 11.2. The highest BCUT2D eigenvalue weighted by atomic mass is 32.1. The lowest BCUT2D eigenvalue weighted by molar-refractivity contribution is 0.102. The number of carbonyl (C=O) groups excluding carboxylic acids is 1. The van der Waals surface area contributed by atoms with Gasteiger partial charge in [0, 0.05) is 12.4 Å². The van der Waals surface area contributed by atoms with Gasteiger partial charge in [-0.1, -0.05) is 0 Å². The van der Waals surface area contributed by atoms with Crippen molar-refractivity contribution >= 4 is 17.1 Å². The monoisotopic (exact) mass is 206 g/mol. The Balaban J connectivity index is 2.25. The number of aromatic nitrogens is 2. The Morgan fingerprint density at radius 1 is 1.64 bits per heavy atom. The van der Waals surface area contributed by atoms with E-state index in [1.165, 1.54) is 11.3 Å². The van der Waals surface area contributed by atoms with Gasteiger partial charge in [0.2, 0.25) is 0 Å². The number of ketones is 1. The van der Waals surface area contributed by atoms with Crippen molar-refractivity contribution in [3.8, 4) is 0 Å². The van der Waals surface area contributed by atoms with Gasteiger partial charge in [-0.25, -0.2) is 4.98 Å². The van der Waals surface area contributed by atoms with Crippen molar-refractivity contribution in [2.45, 2.75) is 13.5 Å². The zero-order chi connectivity index (χ0) is 9.97. The number of thiophene rings is 1. The summed E-state index contributed by atoms with van der Waals surface area (Å²) in [7, 11) is 0. The van der Waals surface area contributed by atoms with E-state index in [1.807, 2.05) is 22.2 Å². The molecule has 0 aromatic carbocycles. The predicted molar refractivity (Wildman–Crippen MR) is 55.7 cm³/mol. The van der Waals surface area contributed by atoms with Gasteiger partial charge in [-0.05, 0) is 23.9 Å². The lowest BCUT2D eigenvalue weighted by atomic mass is 10.2. The predicted octanol–water partition coefficient (Wildman–Crippen LogP) is 2.20. The first-order valence-electron chi connectivity index (χ1n) is 4.30. The van der Waals surface area contributed by atoms with E-state index in [0.717, 1.165) is 17.0 Å². The second-order valence-corrected chi connectivity index (χ2v) is 3.98. The summed E-state index contributed by atoms with van der Waals surface area (Å²) in [6.45, 7) is 2.32. The molecular weight excluding hydrogens is 196 g/mol. The van der Waals surface area contributed by atoms with Crippen molar-refractivity contribution in [3.63, 3.8) is 0 Å². The third-order valence-electron chi connectivity index (χ3n) is 1.98. The highest BCUT2D eigenvalue weighted by molar-refractivity contribution is 7.12. The summed E-state index contributed by atoms with van der Waals surface area (Å²) in [4.78, 5) is 16.0. The molecule has 0 saturated heterocycles. The molecule has 2 aromatic heterocycles. The molecule has 0 N–H and O–H groups in total. The summed E-state index contributed by atoms with van der Waals surface area (Å²) in [5.74, 6) is 0.134. The number of imidazole rings is 1. The lowest BCUT2D eigenvalue weighted by Gasteiger charge is -2.01. The number of carbonyl (C=O) groups is 1. The Morgan fingerprint density at radius 2 is 2.50 bits per heavy atom. The molecule has 0 atom stereocenters. The molecule has 2 aromatic rings. The van der Waals surface area contributed by atoms with Gasteiger partial charge in [0.05, 0.1) is 17.7 Å². The van der Waals surface area contributed by atoms with Crippen LogP contribution in [0.3, 0.4) is 0 Å². The molecule has 0 fully saturated rings. The van der Waals surface area contributed by atoms with E-state index < -0.39 is 0 Å². The number of hydrogen-bond acceptors (Lipinski definition) is 3. The lowest BCUT2D eigenvalue weighted by Crippen LogP contribution is -2.00. The summed E-state index contributed by atoms with van der Waals surface area (Å²) in [5, 5.41) is 1.95. The van der Waals surface area contributed by atoms with Crippen LogP contribution in [-0.2, 0) is 6.54 Å². The first-order chi connectivity index (χ1) is 6.77. The van der Waals surface area contributed by atoms with Gasteiger partial charge in [-0.15, -0.1) is 11.3 Å². The first kappa shape index (κ1) is 9.15. The molecular formula is C10H10N2OS. The third kappa shape index (κ3) is 1.75. The summed E-state index contributed by atoms with van der Waals surface area (Å²) >= 11 is 1.50. The van der Waals surface area contributed by atoms with Crippen molar-refractivity contribution in [3.05, 3.63) is 40.6 Å². The fourth-order valence-corrected chi connectivity index (χ4v) is 2.16. The topological polar surface area (TPSA) is 34.9 Å². The fourth-order valence-electron chi connectivity index (χ4n) is 1.35. The minimum absolute atomic E-state index is 0.134. The average molecular weight is 206 g/mol. The van der Waals surface area contributed by atoms with Gasteiger partial charge >= 0.3 is 0 Å². The van der Waals surface area contributed by atoms with E-state index in [-0.39, 0.29) is 5.78 Å². The Kier molecular flexibility index (Phi) is 2.45. The molecule has 0 aliphatic heterocycles. The van der Waals surface area contributed by atoms with Crippen LogP contribution in [0.15, 0.2) is 30.2 Å². The van der Waals surface area contributed by atoms with Crippen LogP contribution >= 0.6 is 11.3 Å². The van der Waals surface area contributed by atoms with E-state index >= 15 is 0 Å². The second kappa shape index (κ2) is 3.75. The molecule has 0 aliphatic carbocycles. The van der Waals surface area contributed by atoms with Crippen molar-refractivity contribution in [2.24, 2.45) is 0 Å². The quantitative estimate of drug-likeness (QED) is 0.721. The molecule has 0 amide bonds. The summed E-state index contributed by atoms with van der Waals surface area (Å²) in [5.41, 5.74) is 1.07. The smallest absolute Gasteiger partial charge is 0.170 e. The Morgan fingerprint density at radius 3 is 3.14 bits per heavy atom. The molecule has 2 rings (SSSR count). The molecule has 0 saturated carbocycles. The zero-order valence-corrected chi connectivity index (χ0v) is 8.62. The van der Waals surface area contributed by atoms with Crippen LogP contribution in [0.2, 0.25) is 0 Å². The van der Waals surface area contributed by atoms with E-state index in [4.69, 9.17) is 0 Å². The van der Waals surface area contributed by atoms with Crippen LogP contribution < -0.4 is 0 Å². The molecule has 72 valence electrons. The van der Waals surface area contributed by atoms with Gasteiger partial charge in [-0.3, -0.25) is 4.79 Å². The van der Waals surface area contributed by atoms with Crippen molar-refractivity contribution in [2.75, 3.05) is 0 Å². The molecule has 2 heterocycles. The molecule has 4 heteroatoms. The third-order valence-corrected chi connectivity index (χ3v) is 3.04. The standard InChI is InChI=1S/C10H10N2OS/c1-8(13)10-9(2-5-14-10)6-12-4-3-11-7-12/h2-5,7H,6H2,1H3. The highest BCUT2D eigenvalue weighted by Gasteiger charge is 2.08. The van der Waals surface area contributed by atoms with Crippen LogP contribution in [0.1, 0.15) is 22.2 Å². The van der Waals surface area contributed by atoms with Crippen LogP contribution in [-0.4, -0.2) is 15.3 Å². The van der Waals surface area contributed by atoms with Gasteiger partial charge in [-0.2, -0.15) is 0 Å². The molecule has 0 aliphatic rings. The van der Waals surface area contributed by atoms with Crippen LogP contribution in [0.4, 0.5) is 0 Å². The SMILES string of the molecule is CC(=O)c1sccc1Cn1ccnc1. The van der Waals surface area contributed by atoms with E-state index in [2.05, 4.69) is 4.98 Å². The Bertz CT molecular complexity index is 431. The summed E-state index contributed by atoms with van der Waals surface area (Å²) in [6.07, 6.45) is 5.38. The van der Waals surface area contributed by atoms with E-state index in [9.17, 15) is 4.79 Å². The zero-order valence-electron chi connectivity index (χ0n) is 7.80. The normalized spacial score (nSPS) is 10.4. The van der Waals surface area contributed by atoms with Crippen molar-refractivity contribution < 1.29 is 4.79 Å². The van der Waals surface area contributed by atoms with Gasteiger partial charge in [0.25, 0.3) is 0 Å². The minimum Gasteiger partial charge on any atom is -0.333 e. The number of hydrogen-bond donors (Lipinski definition) is 0. The maximum Gasteiger partial charge on any atom is 0.170 e. The molecule has 14 heavy (non-hydrogen) atoms. The molecule has 3 nitrogen and oxygen atoms in total. The molecule has 0 radical (unpaired) electrons. The number of rotatable bonds is 3. The molecule has 0 bridgehead atoms. The molecule has 0 unspecified atom stereocenters. The first-order valence-corrected chi connectivity index (χ1v) is 5.18. The Labute approximate surface area is 86.0 Å². The Hall–Kier alpha value is -1.42. The van der Waals surface area contributed by atoms with Gasteiger partial charge in [0.15, 0.2) is 5.78 Å². The second-order valence-electron chi connectivity index (χ2n) is 3.07. The van der Waals surface area contributed by atoms with Crippen LogP contribution in [0.25, 0.3) is 0 Å². The highest BCUT2D eigenvalue weighted by Crippen LogP contribution is 2.18. The van der Waals surface area contributed by atoms with Crippen LogP contribution in [0, 0.1) is 0 Å². The molecule has 0 spiro atoms.